The number of nitrogens with zero attached hydrogens (tertiary/aromatic N) is 3. The van der Waals surface area contributed by atoms with E-state index >= 15 is 0 Å². The summed E-state index contributed by atoms with van der Waals surface area (Å²) in [7, 11) is 0. The van der Waals surface area contributed by atoms with Crippen molar-refractivity contribution >= 4 is 28.3 Å². The van der Waals surface area contributed by atoms with Gasteiger partial charge in [-0.05, 0) is 44.9 Å². The summed E-state index contributed by atoms with van der Waals surface area (Å²) in [4.78, 5) is 12.8. The lowest BCUT2D eigenvalue weighted by Crippen LogP contribution is -2.30. The van der Waals surface area contributed by atoms with E-state index in [1.165, 1.54) is 6.33 Å². The molecular formula is C21H24N6O2. The minimum Gasteiger partial charge on any atom is -0.474 e. The number of rotatable bonds is 7. The number of fused-ring (bicyclic) bond motifs is 1. The molecule has 1 saturated carbocycles. The number of nitrogen functional groups attached to an aromatic ring is 1. The number of nitrogens with two attached hydrogens (primary N) is 1. The quantitative estimate of drug-likeness (QED) is 0.455. The van der Waals surface area contributed by atoms with Crippen molar-refractivity contribution in [2.24, 2.45) is 0 Å². The zero-order valence-corrected chi connectivity index (χ0v) is 16.4. The van der Waals surface area contributed by atoms with Gasteiger partial charge in [0.15, 0.2) is 0 Å². The van der Waals surface area contributed by atoms with Crippen LogP contribution in [-0.2, 0) is 0 Å². The molecule has 0 atom stereocenters. The molecule has 0 unspecified atom stereocenters. The Morgan fingerprint density at radius 3 is 2.79 bits per heavy atom. The third-order valence-electron chi connectivity index (χ3n) is 4.58. The van der Waals surface area contributed by atoms with Gasteiger partial charge in [0.2, 0.25) is 5.88 Å². The lowest BCUT2D eigenvalue weighted by molar-refractivity contribution is 0.0944. The zero-order valence-electron chi connectivity index (χ0n) is 16.4. The molecule has 3 aromatic rings. The highest BCUT2D eigenvalue weighted by Crippen LogP contribution is 2.28. The van der Waals surface area contributed by atoms with Crippen LogP contribution < -0.4 is 15.8 Å². The largest absolute Gasteiger partial charge is 0.474 e. The van der Waals surface area contributed by atoms with E-state index < -0.39 is 5.60 Å². The fraction of sp³-hybridized carbons (Fsp3) is 0.333. The van der Waals surface area contributed by atoms with Gasteiger partial charge in [-0.2, -0.15) is 0 Å². The number of nitrogens with one attached hydrogen (secondary N) is 2. The van der Waals surface area contributed by atoms with Gasteiger partial charge in [-0.15, -0.1) is 0 Å². The van der Waals surface area contributed by atoms with Crippen molar-refractivity contribution in [2.75, 3.05) is 17.6 Å². The summed E-state index contributed by atoms with van der Waals surface area (Å²) in [6, 6.07) is 9.37. The summed E-state index contributed by atoms with van der Waals surface area (Å²) in [5.41, 5.74) is 7.19. The van der Waals surface area contributed by atoms with E-state index in [9.17, 15) is 5.11 Å². The monoisotopic (exact) mass is 392 g/mol. The van der Waals surface area contributed by atoms with Crippen molar-refractivity contribution in [1.29, 1.82) is 5.41 Å². The molecule has 4 rings (SSSR count). The molecule has 8 nitrogen and oxygen atoms in total. The van der Waals surface area contributed by atoms with Crippen LogP contribution in [0.2, 0.25) is 0 Å². The number of pyridine rings is 1. The van der Waals surface area contributed by atoms with Crippen LogP contribution in [0.25, 0.3) is 10.9 Å². The highest BCUT2D eigenvalue weighted by molar-refractivity contribution is 6.17. The Labute approximate surface area is 168 Å². The van der Waals surface area contributed by atoms with Gasteiger partial charge < -0.3 is 20.9 Å². The average Bonchev–Trinajstić information content (AvgIpc) is 3.49. The van der Waals surface area contributed by atoms with Gasteiger partial charge in [0.05, 0.1) is 22.4 Å². The molecule has 2 aromatic heterocycles. The first kappa shape index (κ1) is 19.1. The maximum atomic E-state index is 9.99. The highest BCUT2D eigenvalue weighted by atomic mass is 16.5. The SMILES string of the molecule is CC(C)(O)CNc1ncnc(N)c1C(=N)c1ccc2nc(OC3CC3)ccc2c1. The van der Waals surface area contributed by atoms with Gasteiger partial charge in [0, 0.05) is 23.6 Å². The maximum Gasteiger partial charge on any atom is 0.214 e. The standard InChI is InChI=1S/C21H24N6O2/c1-21(2,28)10-24-20-17(19(23)25-11-26-20)18(22)13-3-7-15-12(9-13)4-8-16(27-15)29-14-5-6-14/h3-4,7-9,11,14,22,28H,5-6,10H2,1-2H3,(H3,23,24,25,26). The summed E-state index contributed by atoms with van der Waals surface area (Å²) in [6.07, 6.45) is 3.80. The van der Waals surface area contributed by atoms with Gasteiger partial charge in [0.25, 0.3) is 0 Å². The van der Waals surface area contributed by atoms with Crippen molar-refractivity contribution in [3.8, 4) is 5.88 Å². The molecule has 0 spiro atoms. The predicted octanol–water partition coefficient (Wildman–Crippen LogP) is 2.75. The molecule has 2 heterocycles. The van der Waals surface area contributed by atoms with Crippen LogP contribution in [0.5, 0.6) is 5.88 Å². The van der Waals surface area contributed by atoms with Gasteiger partial charge in [-0.25, -0.2) is 15.0 Å². The molecule has 0 bridgehead atoms. The van der Waals surface area contributed by atoms with E-state index in [0.29, 0.717) is 28.9 Å². The van der Waals surface area contributed by atoms with Gasteiger partial charge in [-0.3, -0.25) is 5.41 Å². The first-order valence-electron chi connectivity index (χ1n) is 9.54. The second kappa shape index (κ2) is 7.29. The lowest BCUT2D eigenvalue weighted by Gasteiger charge is -2.20. The van der Waals surface area contributed by atoms with Gasteiger partial charge in [0.1, 0.15) is 24.1 Å². The molecule has 1 fully saturated rings. The fourth-order valence-electron chi connectivity index (χ4n) is 2.91. The van der Waals surface area contributed by atoms with Crippen LogP contribution in [-0.4, -0.2) is 44.0 Å². The number of hydrogen-bond acceptors (Lipinski definition) is 8. The molecule has 29 heavy (non-hydrogen) atoms. The van der Waals surface area contributed by atoms with E-state index in [4.69, 9.17) is 15.9 Å². The molecule has 5 N–H and O–H groups in total. The molecule has 1 aliphatic rings. The smallest absolute Gasteiger partial charge is 0.214 e. The van der Waals surface area contributed by atoms with Crippen LogP contribution in [0.4, 0.5) is 11.6 Å². The number of ether oxygens (including phenoxy) is 1. The van der Waals surface area contributed by atoms with E-state index in [-0.39, 0.29) is 18.1 Å². The van der Waals surface area contributed by atoms with Crippen molar-refractivity contribution in [3.63, 3.8) is 0 Å². The molecule has 0 radical (unpaired) electrons. The Balaban J connectivity index is 1.64. The summed E-state index contributed by atoms with van der Waals surface area (Å²) in [6.45, 7) is 3.63. The first-order valence-corrected chi connectivity index (χ1v) is 9.54. The lowest BCUT2D eigenvalue weighted by atomic mass is 10.0. The molecule has 8 heteroatoms. The summed E-state index contributed by atoms with van der Waals surface area (Å²) >= 11 is 0. The van der Waals surface area contributed by atoms with Crippen molar-refractivity contribution in [2.45, 2.75) is 38.4 Å². The number of aliphatic hydroxyl groups is 1. The Morgan fingerprint density at radius 1 is 1.28 bits per heavy atom. The summed E-state index contributed by atoms with van der Waals surface area (Å²) in [5.74, 6) is 1.24. The molecule has 0 saturated heterocycles. The van der Waals surface area contributed by atoms with Crippen molar-refractivity contribution in [1.82, 2.24) is 15.0 Å². The van der Waals surface area contributed by atoms with E-state index in [1.807, 2.05) is 30.3 Å². The van der Waals surface area contributed by atoms with Gasteiger partial charge >= 0.3 is 0 Å². The van der Waals surface area contributed by atoms with Crippen molar-refractivity contribution < 1.29 is 9.84 Å². The molecule has 0 aliphatic heterocycles. The Morgan fingerprint density at radius 2 is 2.07 bits per heavy atom. The zero-order chi connectivity index (χ0) is 20.6. The van der Waals surface area contributed by atoms with E-state index in [2.05, 4.69) is 20.3 Å². The third kappa shape index (κ3) is 4.43. The molecule has 1 aliphatic carbocycles. The predicted molar refractivity (Wildman–Crippen MR) is 113 cm³/mol. The second-order valence-corrected chi connectivity index (χ2v) is 7.90. The van der Waals surface area contributed by atoms with E-state index in [1.54, 1.807) is 13.8 Å². The summed E-state index contributed by atoms with van der Waals surface area (Å²) < 4.78 is 5.75. The topological polar surface area (TPSA) is 130 Å². The highest BCUT2D eigenvalue weighted by Gasteiger charge is 2.24. The average molecular weight is 392 g/mol. The van der Waals surface area contributed by atoms with Crippen LogP contribution in [0.3, 0.4) is 0 Å². The first-order chi connectivity index (χ1) is 13.8. The molecule has 150 valence electrons. The number of aromatic nitrogens is 3. The Kier molecular flexibility index (Phi) is 4.79. The van der Waals surface area contributed by atoms with Crippen LogP contribution in [0.1, 0.15) is 37.8 Å². The maximum absolute atomic E-state index is 9.99. The van der Waals surface area contributed by atoms with E-state index in [0.717, 1.165) is 23.7 Å². The van der Waals surface area contributed by atoms with Crippen molar-refractivity contribution in [3.05, 3.63) is 47.8 Å². The second-order valence-electron chi connectivity index (χ2n) is 7.90. The molecular weight excluding hydrogens is 368 g/mol. The van der Waals surface area contributed by atoms with Crippen LogP contribution in [0.15, 0.2) is 36.7 Å². The third-order valence-corrected chi connectivity index (χ3v) is 4.58. The normalized spacial score (nSPS) is 14.0. The molecule has 1 aromatic carbocycles. The van der Waals surface area contributed by atoms with Crippen LogP contribution in [0, 0.1) is 5.41 Å². The molecule has 0 amide bonds. The number of anilines is 2. The van der Waals surface area contributed by atoms with Gasteiger partial charge in [-0.1, -0.05) is 6.07 Å². The minimum atomic E-state index is -0.936. The Hall–Kier alpha value is -3.26. The number of hydrogen-bond donors (Lipinski definition) is 4. The Bertz CT molecular complexity index is 1070. The summed E-state index contributed by atoms with van der Waals surface area (Å²) in [5, 5.41) is 22.6. The number of benzene rings is 1. The fourth-order valence-corrected chi connectivity index (χ4v) is 2.91. The van der Waals surface area contributed by atoms with Crippen LogP contribution >= 0.6 is 0 Å². The minimum absolute atomic E-state index is 0.196.